The van der Waals surface area contributed by atoms with Crippen LogP contribution >= 0.6 is 11.6 Å². The van der Waals surface area contributed by atoms with Crippen molar-refractivity contribution in [1.29, 1.82) is 5.41 Å². The maximum atomic E-state index is 13.1. The SMILES string of the molecule is CN/C(=C\C=N)Nc1cc(-c2cc3n(c2)C[C@H](Cc2ccccc2)n2c(CCC(F)(F)F)nnc2-3)c(Cl)cn1. The Labute approximate surface area is 228 Å². The Morgan fingerprint density at radius 2 is 2.00 bits per heavy atom. The molecule has 5 rings (SSSR count). The van der Waals surface area contributed by atoms with E-state index in [4.69, 9.17) is 17.0 Å². The summed E-state index contributed by atoms with van der Waals surface area (Å²) in [4.78, 5) is 4.33. The number of hydrogen-bond acceptors (Lipinski definition) is 6. The Morgan fingerprint density at radius 3 is 2.72 bits per heavy atom. The van der Waals surface area contributed by atoms with Gasteiger partial charge in [-0.15, -0.1) is 10.2 Å². The van der Waals surface area contributed by atoms with E-state index in [1.54, 1.807) is 25.4 Å². The highest BCUT2D eigenvalue weighted by Gasteiger charge is 2.33. The third-order valence-electron chi connectivity index (χ3n) is 6.56. The second-order valence-electron chi connectivity index (χ2n) is 9.21. The van der Waals surface area contributed by atoms with Crippen molar-refractivity contribution in [3.63, 3.8) is 0 Å². The number of halogens is 4. The van der Waals surface area contributed by atoms with Crippen molar-refractivity contribution in [1.82, 2.24) is 29.6 Å². The van der Waals surface area contributed by atoms with Gasteiger partial charge in [-0.2, -0.15) is 13.2 Å². The van der Waals surface area contributed by atoms with Gasteiger partial charge in [0.2, 0.25) is 0 Å². The van der Waals surface area contributed by atoms with Crippen LogP contribution in [0.15, 0.2) is 66.8 Å². The van der Waals surface area contributed by atoms with E-state index in [1.165, 1.54) is 0 Å². The maximum absolute atomic E-state index is 13.1. The van der Waals surface area contributed by atoms with Crippen molar-refractivity contribution in [3.05, 3.63) is 83.2 Å². The number of aryl methyl sites for hydroxylation is 1. The van der Waals surface area contributed by atoms with Crippen LogP contribution in [0.4, 0.5) is 19.0 Å². The van der Waals surface area contributed by atoms with E-state index in [2.05, 4.69) is 30.4 Å². The van der Waals surface area contributed by atoms with Crippen LogP contribution in [0.25, 0.3) is 22.6 Å². The van der Waals surface area contributed by atoms with Crippen LogP contribution < -0.4 is 10.6 Å². The van der Waals surface area contributed by atoms with Crippen molar-refractivity contribution in [2.75, 3.05) is 12.4 Å². The highest BCUT2D eigenvalue weighted by Crippen LogP contribution is 2.39. The highest BCUT2D eigenvalue weighted by molar-refractivity contribution is 6.33. The predicted molar refractivity (Wildman–Crippen MR) is 145 cm³/mol. The fourth-order valence-electron chi connectivity index (χ4n) is 4.79. The summed E-state index contributed by atoms with van der Waals surface area (Å²) >= 11 is 6.54. The summed E-state index contributed by atoms with van der Waals surface area (Å²) in [5.41, 5.74) is 3.37. The number of nitrogens with one attached hydrogen (secondary N) is 3. The van der Waals surface area contributed by atoms with Gasteiger partial charge in [-0.05, 0) is 30.2 Å². The molecule has 0 radical (unpaired) electrons. The lowest BCUT2D eigenvalue weighted by Crippen LogP contribution is -2.26. The molecule has 39 heavy (non-hydrogen) atoms. The van der Waals surface area contributed by atoms with E-state index < -0.39 is 12.6 Å². The lowest BCUT2D eigenvalue weighted by atomic mass is 10.0. The van der Waals surface area contributed by atoms with E-state index in [9.17, 15) is 13.2 Å². The average Bonchev–Trinajstić information content (AvgIpc) is 3.53. The van der Waals surface area contributed by atoms with Gasteiger partial charge < -0.3 is 25.2 Å². The molecule has 0 fully saturated rings. The van der Waals surface area contributed by atoms with Crippen molar-refractivity contribution < 1.29 is 13.2 Å². The number of aromatic nitrogens is 5. The number of fused-ring (bicyclic) bond motifs is 3. The minimum absolute atomic E-state index is 0.164. The molecule has 0 bridgehead atoms. The van der Waals surface area contributed by atoms with Crippen LogP contribution in [0.3, 0.4) is 0 Å². The minimum atomic E-state index is -4.28. The van der Waals surface area contributed by atoms with Crippen molar-refractivity contribution in [3.8, 4) is 22.6 Å². The summed E-state index contributed by atoms with van der Waals surface area (Å²) in [5.74, 6) is 1.97. The number of allylic oxidation sites excluding steroid dienone is 1. The van der Waals surface area contributed by atoms with Gasteiger partial charge in [0.25, 0.3) is 0 Å². The highest BCUT2D eigenvalue weighted by atomic mass is 35.5. The van der Waals surface area contributed by atoms with E-state index in [-0.39, 0.29) is 12.5 Å². The Morgan fingerprint density at radius 1 is 1.21 bits per heavy atom. The molecule has 3 aromatic heterocycles. The van der Waals surface area contributed by atoms with Gasteiger partial charge >= 0.3 is 6.18 Å². The molecule has 1 aliphatic heterocycles. The van der Waals surface area contributed by atoms with Crippen LogP contribution in [0.1, 0.15) is 23.9 Å². The molecule has 4 aromatic rings. The first-order chi connectivity index (χ1) is 18.8. The Kier molecular flexibility index (Phi) is 7.42. The first kappa shape index (κ1) is 26.5. The van der Waals surface area contributed by atoms with E-state index in [0.29, 0.717) is 41.3 Å². The molecule has 12 heteroatoms. The molecule has 0 aliphatic carbocycles. The minimum Gasteiger partial charge on any atom is -0.375 e. The van der Waals surface area contributed by atoms with Crippen LogP contribution in [0, 0.1) is 5.41 Å². The van der Waals surface area contributed by atoms with Crippen LogP contribution in [0.5, 0.6) is 0 Å². The number of anilines is 1. The molecule has 0 amide bonds. The number of nitrogens with zero attached hydrogens (tertiary/aromatic N) is 5. The molecule has 0 saturated carbocycles. The summed E-state index contributed by atoms with van der Waals surface area (Å²) in [6, 6.07) is 13.4. The molecule has 1 aromatic carbocycles. The number of hydrogen-bond donors (Lipinski definition) is 3. The molecule has 3 N–H and O–H groups in total. The molecule has 8 nitrogen and oxygen atoms in total. The largest absolute Gasteiger partial charge is 0.389 e. The zero-order valence-electron chi connectivity index (χ0n) is 21.0. The number of pyridine rings is 1. The van der Waals surface area contributed by atoms with Gasteiger partial charge in [-0.25, -0.2) is 4.98 Å². The van der Waals surface area contributed by atoms with Crippen LogP contribution in [0.2, 0.25) is 5.02 Å². The first-order valence-electron chi connectivity index (χ1n) is 12.3. The fraction of sp³-hybridized carbons (Fsp3) is 0.259. The molecule has 4 heterocycles. The average molecular weight is 555 g/mol. The standard InChI is InChI=1S/C27H26ClF3N8/c1-33-23(8-10-32)35-24-13-20(21(28)14-34-24)18-12-22-26-37-36-25(7-9-27(29,30)31)39(26)19(16-38(22)15-18)11-17-5-3-2-4-6-17/h2-6,8,10,12-15,19,32-33H,7,9,11,16H2,1H3,(H,34,35)/b23-8+,32-10?/t19-/m0/s1. The molecule has 0 spiro atoms. The van der Waals surface area contributed by atoms with Gasteiger partial charge in [-0.3, -0.25) is 0 Å². The van der Waals surface area contributed by atoms with Crippen LogP contribution in [-0.2, 0) is 19.4 Å². The summed E-state index contributed by atoms with van der Waals surface area (Å²) in [6.07, 6.45) is 1.37. The molecule has 0 saturated heterocycles. The molecule has 1 atom stereocenters. The van der Waals surface area contributed by atoms with E-state index in [0.717, 1.165) is 28.6 Å². The molecular weight excluding hydrogens is 529 g/mol. The van der Waals surface area contributed by atoms with E-state index in [1.807, 2.05) is 47.2 Å². The summed E-state index contributed by atoms with van der Waals surface area (Å²) in [7, 11) is 1.73. The fourth-order valence-corrected chi connectivity index (χ4v) is 5.00. The lowest BCUT2D eigenvalue weighted by Gasteiger charge is -2.28. The Hall–Kier alpha value is -4.12. The number of rotatable bonds is 9. The normalized spacial score (nSPS) is 15.0. The molecule has 1 aliphatic rings. The second-order valence-corrected chi connectivity index (χ2v) is 9.61. The topological polar surface area (TPSA) is 96.4 Å². The van der Waals surface area contributed by atoms with Crippen molar-refractivity contribution in [2.24, 2.45) is 0 Å². The zero-order chi connectivity index (χ0) is 27.6. The molecule has 0 unspecified atom stereocenters. The maximum Gasteiger partial charge on any atom is 0.389 e. The van der Waals surface area contributed by atoms with Gasteiger partial charge in [0.05, 0.1) is 23.2 Å². The number of alkyl halides is 3. The Bertz CT molecular complexity index is 1510. The first-order valence-corrected chi connectivity index (χ1v) is 12.7. The van der Waals surface area contributed by atoms with Crippen molar-refractivity contribution >= 4 is 23.6 Å². The lowest BCUT2D eigenvalue weighted by molar-refractivity contribution is -0.134. The Balaban J connectivity index is 1.53. The summed E-state index contributed by atoms with van der Waals surface area (Å²) in [5, 5.41) is 22.3. The monoisotopic (exact) mass is 554 g/mol. The van der Waals surface area contributed by atoms with Gasteiger partial charge in [0.15, 0.2) is 5.82 Å². The van der Waals surface area contributed by atoms with Gasteiger partial charge in [-0.1, -0.05) is 41.9 Å². The predicted octanol–water partition coefficient (Wildman–Crippen LogP) is 5.88. The van der Waals surface area contributed by atoms with E-state index >= 15 is 0 Å². The third-order valence-corrected chi connectivity index (χ3v) is 6.86. The van der Waals surface area contributed by atoms with Crippen LogP contribution in [-0.4, -0.2) is 43.8 Å². The molecular formula is C27H26ClF3N8. The third kappa shape index (κ3) is 5.83. The number of benzene rings is 1. The van der Waals surface area contributed by atoms with Gasteiger partial charge in [0, 0.05) is 49.7 Å². The smallest absolute Gasteiger partial charge is 0.375 e. The van der Waals surface area contributed by atoms with Crippen molar-refractivity contribution in [2.45, 2.75) is 38.0 Å². The molecule has 202 valence electrons. The second kappa shape index (κ2) is 10.9. The quantitative estimate of drug-likeness (QED) is 0.225. The summed E-state index contributed by atoms with van der Waals surface area (Å²) in [6.45, 7) is 0.536. The zero-order valence-corrected chi connectivity index (χ0v) is 21.8. The summed E-state index contributed by atoms with van der Waals surface area (Å²) < 4.78 is 43.1. The van der Waals surface area contributed by atoms with Gasteiger partial charge in [0.1, 0.15) is 17.5 Å².